The van der Waals surface area contributed by atoms with E-state index in [0.717, 1.165) is 0 Å². The molecule has 4 nitrogen and oxygen atoms in total. The number of hydrogen-bond acceptors (Lipinski definition) is 3. The lowest BCUT2D eigenvalue weighted by Crippen LogP contribution is -2.31. The summed E-state index contributed by atoms with van der Waals surface area (Å²) < 4.78 is 1.62. The molecule has 68 valence electrons. The first-order valence-corrected chi connectivity index (χ1v) is 3.87. The Balaban J connectivity index is 2.81. The van der Waals surface area contributed by atoms with E-state index in [9.17, 15) is 4.79 Å². The average Bonchev–Trinajstić information content (AvgIpc) is 2.50. The number of imidazole rings is 1. The van der Waals surface area contributed by atoms with Gasteiger partial charge in [-0.05, 0) is 0 Å². The van der Waals surface area contributed by atoms with Crippen molar-refractivity contribution >= 4 is 5.78 Å². The smallest absolute Gasteiger partial charge is 0.215 e. The van der Waals surface area contributed by atoms with Gasteiger partial charge >= 0.3 is 0 Å². The first-order valence-electron chi connectivity index (χ1n) is 3.87. The predicted molar refractivity (Wildman–Crippen MR) is 49.0 cm³/mol. The number of nitrogens with zero attached hydrogens (tertiary/aromatic N) is 2. The largest absolute Gasteiger partial charge is 0.332 e. The van der Waals surface area contributed by atoms with Crippen molar-refractivity contribution < 1.29 is 4.79 Å². The third kappa shape index (κ3) is 1.95. The molecule has 1 aromatic rings. The zero-order chi connectivity index (χ0) is 9.84. The quantitative estimate of drug-likeness (QED) is 0.520. The van der Waals surface area contributed by atoms with Gasteiger partial charge in [0.15, 0.2) is 5.82 Å². The molecule has 2 N–H and O–H groups in total. The van der Waals surface area contributed by atoms with Crippen molar-refractivity contribution in [3.63, 3.8) is 0 Å². The van der Waals surface area contributed by atoms with E-state index in [1.807, 2.05) is 0 Å². The van der Waals surface area contributed by atoms with E-state index in [1.54, 1.807) is 24.0 Å². The van der Waals surface area contributed by atoms with Crippen LogP contribution in [0.5, 0.6) is 0 Å². The van der Waals surface area contributed by atoms with Gasteiger partial charge in [-0.25, -0.2) is 4.98 Å². The van der Waals surface area contributed by atoms with Crippen molar-refractivity contribution in [2.75, 3.05) is 0 Å². The second-order valence-corrected chi connectivity index (χ2v) is 2.74. The van der Waals surface area contributed by atoms with Gasteiger partial charge in [0, 0.05) is 25.9 Å². The Labute approximate surface area is 76.8 Å². The third-order valence-electron chi connectivity index (χ3n) is 1.72. The molecule has 0 radical (unpaired) electrons. The first-order chi connectivity index (χ1) is 6.16. The van der Waals surface area contributed by atoms with Gasteiger partial charge in [0.1, 0.15) is 0 Å². The minimum atomic E-state index is -0.647. The fourth-order valence-electron chi connectivity index (χ4n) is 0.989. The number of carbonyl (C=O) groups is 1. The summed E-state index contributed by atoms with van der Waals surface area (Å²) in [6.45, 7) is 0. The summed E-state index contributed by atoms with van der Waals surface area (Å²) >= 11 is 0. The van der Waals surface area contributed by atoms with Gasteiger partial charge in [-0.2, -0.15) is 0 Å². The lowest BCUT2D eigenvalue weighted by molar-refractivity contribution is 0.0949. The maximum atomic E-state index is 11.5. The van der Waals surface area contributed by atoms with Crippen LogP contribution in [0.3, 0.4) is 0 Å². The van der Waals surface area contributed by atoms with E-state index in [4.69, 9.17) is 12.2 Å². The summed E-state index contributed by atoms with van der Waals surface area (Å²) in [5, 5.41) is 0. The first kappa shape index (κ1) is 9.49. The summed E-state index contributed by atoms with van der Waals surface area (Å²) in [6, 6.07) is -0.647. The SMILES string of the molecule is C#CCC(N)C(=O)c1nccn1C. The highest BCUT2D eigenvalue weighted by atomic mass is 16.1. The molecule has 1 atom stereocenters. The van der Waals surface area contributed by atoms with E-state index in [-0.39, 0.29) is 12.2 Å². The van der Waals surface area contributed by atoms with Crippen LogP contribution in [-0.4, -0.2) is 21.4 Å². The maximum Gasteiger partial charge on any atom is 0.215 e. The second-order valence-electron chi connectivity index (χ2n) is 2.74. The van der Waals surface area contributed by atoms with Gasteiger partial charge in [-0.3, -0.25) is 4.79 Å². The number of aromatic nitrogens is 2. The van der Waals surface area contributed by atoms with E-state index in [1.165, 1.54) is 0 Å². The Hall–Kier alpha value is -1.60. The Morgan fingerprint density at radius 1 is 1.92 bits per heavy atom. The molecular weight excluding hydrogens is 166 g/mol. The van der Waals surface area contributed by atoms with E-state index >= 15 is 0 Å². The molecule has 0 bridgehead atoms. The Morgan fingerprint density at radius 3 is 3.08 bits per heavy atom. The van der Waals surface area contributed by atoms with Crippen molar-refractivity contribution in [3.8, 4) is 12.3 Å². The molecule has 4 heteroatoms. The van der Waals surface area contributed by atoms with Gasteiger partial charge < -0.3 is 10.3 Å². The summed E-state index contributed by atoms with van der Waals surface area (Å²) in [5.74, 6) is 2.48. The third-order valence-corrected chi connectivity index (χ3v) is 1.72. The lowest BCUT2D eigenvalue weighted by atomic mass is 10.1. The van der Waals surface area contributed by atoms with Gasteiger partial charge in [-0.15, -0.1) is 12.3 Å². The zero-order valence-electron chi connectivity index (χ0n) is 7.40. The van der Waals surface area contributed by atoms with Gasteiger partial charge in [0.05, 0.1) is 6.04 Å². The molecule has 0 saturated heterocycles. The molecule has 0 aliphatic rings. The number of terminal acetylenes is 1. The number of rotatable bonds is 3. The van der Waals surface area contributed by atoms with Crippen LogP contribution in [-0.2, 0) is 7.05 Å². The number of Topliss-reactive ketones (excluding diaryl/α,β-unsaturated/α-hetero) is 1. The van der Waals surface area contributed by atoms with E-state index in [0.29, 0.717) is 5.82 Å². The zero-order valence-corrected chi connectivity index (χ0v) is 7.40. The minimum absolute atomic E-state index is 0.217. The van der Waals surface area contributed by atoms with Crippen LogP contribution in [0, 0.1) is 12.3 Å². The summed E-state index contributed by atoms with van der Waals surface area (Å²) in [7, 11) is 1.74. The summed E-state index contributed by atoms with van der Waals surface area (Å²) in [4.78, 5) is 15.4. The van der Waals surface area contributed by atoms with Crippen molar-refractivity contribution in [2.24, 2.45) is 12.8 Å². The van der Waals surface area contributed by atoms with Crippen LogP contribution in [0.25, 0.3) is 0 Å². The highest BCUT2D eigenvalue weighted by Gasteiger charge is 2.18. The second kappa shape index (κ2) is 3.87. The van der Waals surface area contributed by atoms with Crippen molar-refractivity contribution in [1.29, 1.82) is 0 Å². The van der Waals surface area contributed by atoms with Crippen LogP contribution >= 0.6 is 0 Å². The minimum Gasteiger partial charge on any atom is -0.332 e. The standard InChI is InChI=1S/C9H11N3O/c1-3-4-7(10)8(13)9-11-5-6-12(9)2/h1,5-7H,4,10H2,2H3. The molecule has 1 rings (SSSR count). The topological polar surface area (TPSA) is 60.9 Å². The fourth-order valence-corrected chi connectivity index (χ4v) is 0.989. The highest BCUT2D eigenvalue weighted by Crippen LogP contribution is 2.00. The molecule has 1 aromatic heterocycles. The van der Waals surface area contributed by atoms with Crippen molar-refractivity contribution in [3.05, 3.63) is 18.2 Å². The van der Waals surface area contributed by atoms with Crippen molar-refractivity contribution in [1.82, 2.24) is 9.55 Å². The number of ketones is 1. The highest BCUT2D eigenvalue weighted by molar-refractivity contribution is 5.97. The van der Waals surface area contributed by atoms with Gasteiger partial charge in [-0.1, -0.05) is 0 Å². The van der Waals surface area contributed by atoms with Crippen LogP contribution < -0.4 is 5.73 Å². The van der Waals surface area contributed by atoms with Crippen LogP contribution in [0.1, 0.15) is 17.0 Å². The maximum absolute atomic E-state index is 11.5. The number of aryl methyl sites for hydroxylation is 1. The Kier molecular flexibility index (Phi) is 2.83. The Morgan fingerprint density at radius 2 is 2.62 bits per heavy atom. The summed E-state index contributed by atoms with van der Waals surface area (Å²) in [6.07, 6.45) is 8.53. The normalized spacial score (nSPS) is 12.1. The molecule has 13 heavy (non-hydrogen) atoms. The van der Waals surface area contributed by atoms with Crippen molar-refractivity contribution in [2.45, 2.75) is 12.5 Å². The van der Waals surface area contributed by atoms with E-state index in [2.05, 4.69) is 10.9 Å². The molecule has 0 aliphatic heterocycles. The molecule has 0 aliphatic carbocycles. The van der Waals surface area contributed by atoms with Crippen LogP contribution in [0.4, 0.5) is 0 Å². The number of hydrogen-bond donors (Lipinski definition) is 1. The monoisotopic (exact) mass is 177 g/mol. The molecule has 0 amide bonds. The lowest BCUT2D eigenvalue weighted by Gasteiger charge is -2.05. The average molecular weight is 177 g/mol. The molecule has 0 spiro atoms. The molecule has 1 heterocycles. The predicted octanol–water partition coefficient (Wildman–Crippen LogP) is -0.0466. The summed E-state index contributed by atoms with van der Waals surface area (Å²) in [5.41, 5.74) is 5.54. The van der Waals surface area contributed by atoms with Crippen LogP contribution in [0.2, 0.25) is 0 Å². The van der Waals surface area contributed by atoms with E-state index < -0.39 is 6.04 Å². The Bertz CT molecular complexity index is 348. The van der Waals surface area contributed by atoms with Gasteiger partial charge in [0.2, 0.25) is 5.78 Å². The van der Waals surface area contributed by atoms with Crippen LogP contribution in [0.15, 0.2) is 12.4 Å². The molecule has 1 unspecified atom stereocenters. The number of carbonyl (C=O) groups excluding carboxylic acids is 1. The molecule has 0 aromatic carbocycles. The number of nitrogens with two attached hydrogens (primary N) is 1. The fraction of sp³-hybridized carbons (Fsp3) is 0.333. The molecular formula is C9H11N3O. The molecule has 0 fully saturated rings. The molecule has 0 saturated carbocycles. The van der Waals surface area contributed by atoms with Gasteiger partial charge in [0.25, 0.3) is 0 Å².